The standard InChI is InChI=1S/C17H23N3O4S2/c21-26(22)8-3-14(11-26)19-4-6-20(7-5-19)17(25)18-10-13-1-2-15-16(9-13)24-12-23-15/h1-2,9,14H,3-8,10-12H2,(H,18,25)/p+1/t14-/m1/s1. The van der Waals surface area contributed by atoms with Gasteiger partial charge in [-0.2, -0.15) is 0 Å². The van der Waals surface area contributed by atoms with Gasteiger partial charge in [0.1, 0.15) is 11.8 Å². The van der Waals surface area contributed by atoms with Gasteiger partial charge in [0, 0.05) is 13.0 Å². The molecule has 0 saturated carbocycles. The zero-order valence-corrected chi connectivity index (χ0v) is 16.2. The third kappa shape index (κ3) is 3.89. The van der Waals surface area contributed by atoms with Crippen LogP contribution in [-0.4, -0.2) is 68.9 Å². The Kier molecular flexibility index (Phi) is 4.94. The van der Waals surface area contributed by atoms with Gasteiger partial charge in [-0.3, -0.25) is 0 Å². The number of ether oxygens (including phenoxy) is 2. The normalized spacial score (nSPS) is 24.6. The molecule has 3 aliphatic heterocycles. The van der Waals surface area contributed by atoms with Crippen molar-refractivity contribution in [3.8, 4) is 11.5 Å². The van der Waals surface area contributed by atoms with Crippen LogP contribution in [0.2, 0.25) is 0 Å². The van der Waals surface area contributed by atoms with Crippen LogP contribution in [0.1, 0.15) is 12.0 Å². The molecule has 26 heavy (non-hydrogen) atoms. The van der Waals surface area contributed by atoms with E-state index >= 15 is 0 Å². The van der Waals surface area contributed by atoms with Crippen molar-refractivity contribution < 1.29 is 22.8 Å². The van der Waals surface area contributed by atoms with Gasteiger partial charge in [-0.15, -0.1) is 0 Å². The van der Waals surface area contributed by atoms with E-state index in [0.717, 1.165) is 54.8 Å². The maximum atomic E-state index is 11.7. The highest BCUT2D eigenvalue weighted by Gasteiger charge is 2.37. The Bertz CT molecular complexity index is 791. The van der Waals surface area contributed by atoms with Crippen LogP contribution >= 0.6 is 12.2 Å². The quantitative estimate of drug-likeness (QED) is 0.645. The Balaban J connectivity index is 1.25. The van der Waals surface area contributed by atoms with Gasteiger partial charge in [0.25, 0.3) is 0 Å². The number of nitrogens with one attached hydrogen (secondary N) is 2. The lowest BCUT2D eigenvalue weighted by Gasteiger charge is -2.36. The summed E-state index contributed by atoms with van der Waals surface area (Å²) in [6.45, 7) is 4.51. The molecule has 142 valence electrons. The fraction of sp³-hybridized carbons (Fsp3) is 0.588. The average molecular weight is 399 g/mol. The number of quaternary nitrogens is 1. The lowest BCUT2D eigenvalue weighted by molar-refractivity contribution is -0.925. The van der Waals surface area contributed by atoms with Gasteiger partial charge in [-0.1, -0.05) is 6.07 Å². The zero-order valence-electron chi connectivity index (χ0n) is 14.6. The minimum atomic E-state index is -2.81. The van der Waals surface area contributed by atoms with Crippen molar-refractivity contribution in [2.45, 2.75) is 19.0 Å². The second kappa shape index (κ2) is 7.21. The second-order valence-electron chi connectivity index (χ2n) is 7.09. The Morgan fingerprint density at radius 2 is 2.04 bits per heavy atom. The molecule has 4 rings (SSSR count). The van der Waals surface area contributed by atoms with Crippen LogP contribution in [0.4, 0.5) is 0 Å². The Morgan fingerprint density at radius 1 is 1.27 bits per heavy atom. The Hall–Kier alpha value is -1.58. The van der Waals surface area contributed by atoms with Crippen LogP contribution in [0.5, 0.6) is 11.5 Å². The molecule has 0 bridgehead atoms. The van der Waals surface area contributed by atoms with Crippen molar-refractivity contribution >= 4 is 27.2 Å². The van der Waals surface area contributed by atoms with Crippen LogP contribution in [0, 0.1) is 0 Å². The molecule has 1 atom stereocenters. The average Bonchev–Trinajstić information content (AvgIpc) is 3.25. The molecule has 2 N–H and O–H groups in total. The smallest absolute Gasteiger partial charge is 0.231 e. The van der Waals surface area contributed by atoms with E-state index in [0.29, 0.717) is 18.1 Å². The number of fused-ring (bicyclic) bond motifs is 1. The van der Waals surface area contributed by atoms with E-state index in [1.807, 2.05) is 18.2 Å². The van der Waals surface area contributed by atoms with Gasteiger partial charge in [0.2, 0.25) is 6.79 Å². The van der Waals surface area contributed by atoms with Crippen molar-refractivity contribution in [1.82, 2.24) is 10.2 Å². The summed E-state index contributed by atoms with van der Waals surface area (Å²) in [6, 6.07) is 6.16. The van der Waals surface area contributed by atoms with E-state index in [1.165, 1.54) is 4.90 Å². The minimum Gasteiger partial charge on any atom is -0.454 e. The van der Waals surface area contributed by atoms with Crippen molar-refractivity contribution in [1.29, 1.82) is 0 Å². The first kappa shape index (κ1) is 17.8. The summed E-state index contributed by atoms with van der Waals surface area (Å²) in [5.74, 6) is 2.25. The van der Waals surface area contributed by atoms with E-state index in [9.17, 15) is 8.42 Å². The van der Waals surface area contributed by atoms with E-state index < -0.39 is 9.84 Å². The molecule has 0 spiro atoms. The van der Waals surface area contributed by atoms with Gasteiger partial charge >= 0.3 is 0 Å². The maximum Gasteiger partial charge on any atom is 0.231 e. The van der Waals surface area contributed by atoms with Crippen LogP contribution in [-0.2, 0) is 16.4 Å². The highest BCUT2D eigenvalue weighted by atomic mass is 32.2. The monoisotopic (exact) mass is 398 g/mol. The molecular weight excluding hydrogens is 374 g/mol. The number of piperazine rings is 1. The van der Waals surface area contributed by atoms with Gasteiger partial charge < -0.3 is 24.6 Å². The van der Waals surface area contributed by atoms with Gasteiger partial charge in [-0.05, 0) is 29.9 Å². The van der Waals surface area contributed by atoms with E-state index in [1.54, 1.807) is 0 Å². The van der Waals surface area contributed by atoms with Gasteiger partial charge in [0.15, 0.2) is 26.4 Å². The third-order valence-corrected chi connectivity index (χ3v) is 7.55. The largest absolute Gasteiger partial charge is 0.454 e. The topological polar surface area (TPSA) is 72.3 Å². The summed E-state index contributed by atoms with van der Waals surface area (Å²) in [5, 5.41) is 4.06. The number of thiocarbonyl (C=S) groups is 1. The lowest BCUT2D eigenvalue weighted by atomic mass is 10.2. The predicted molar refractivity (Wildman–Crippen MR) is 101 cm³/mol. The summed E-state index contributed by atoms with van der Waals surface area (Å²) in [6.07, 6.45) is 0.796. The Labute approximate surface area is 159 Å². The van der Waals surface area contributed by atoms with Crippen molar-refractivity contribution in [3.63, 3.8) is 0 Å². The molecule has 9 heteroatoms. The molecule has 2 saturated heterocycles. The molecule has 0 aromatic heterocycles. The molecule has 2 fully saturated rings. The van der Waals surface area contributed by atoms with Gasteiger partial charge in [-0.25, -0.2) is 8.42 Å². The van der Waals surface area contributed by atoms with E-state index in [2.05, 4.69) is 10.2 Å². The maximum absolute atomic E-state index is 11.7. The summed E-state index contributed by atoms with van der Waals surface area (Å²) in [7, 11) is -2.81. The number of hydrogen-bond donors (Lipinski definition) is 2. The lowest BCUT2D eigenvalue weighted by Crippen LogP contribution is -3.18. The first-order valence-corrected chi connectivity index (χ1v) is 11.2. The highest BCUT2D eigenvalue weighted by Crippen LogP contribution is 2.32. The van der Waals surface area contributed by atoms with Crippen LogP contribution in [0.3, 0.4) is 0 Å². The second-order valence-corrected chi connectivity index (χ2v) is 9.71. The molecule has 0 radical (unpaired) electrons. The molecular formula is C17H24N3O4S2+. The number of hydrogen-bond acceptors (Lipinski definition) is 5. The minimum absolute atomic E-state index is 0.261. The molecule has 7 nitrogen and oxygen atoms in total. The zero-order chi connectivity index (χ0) is 18.1. The number of sulfone groups is 1. The van der Waals surface area contributed by atoms with Gasteiger partial charge in [0.05, 0.1) is 31.9 Å². The van der Waals surface area contributed by atoms with Crippen LogP contribution < -0.4 is 19.7 Å². The third-order valence-electron chi connectivity index (χ3n) is 5.38. The first-order valence-electron chi connectivity index (χ1n) is 8.96. The fourth-order valence-electron chi connectivity index (χ4n) is 3.86. The van der Waals surface area contributed by atoms with Crippen LogP contribution in [0.15, 0.2) is 18.2 Å². The molecule has 1 aromatic carbocycles. The molecule has 3 heterocycles. The van der Waals surface area contributed by atoms with Crippen molar-refractivity contribution in [3.05, 3.63) is 23.8 Å². The molecule has 0 unspecified atom stereocenters. The number of benzene rings is 1. The molecule has 1 aromatic rings. The molecule has 0 aliphatic carbocycles. The fourth-order valence-corrected chi connectivity index (χ4v) is 5.94. The summed E-state index contributed by atoms with van der Waals surface area (Å²) in [5.41, 5.74) is 1.09. The molecule has 3 aliphatic rings. The first-order chi connectivity index (χ1) is 12.5. The highest BCUT2D eigenvalue weighted by molar-refractivity contribution is 7.91. The summed E-state index contributed by atoms with van der Waals surface area (Å²) in [4.78, 5) is 3.58. The SMILES string of the molecule is O=S1(=O)CC[C@@H]([NH+]2CCN(C(=S)NCc3ccc4c(c3)OCO4)CC2)C1. The van der Waals surface area contributed by atoms with Crippen LogP contribution in [0.25, 0.3) is 0 Å². The van der Waals surface area contributed by atoms with E-state index in [-0.39, 0.29) is 12.8 Å². The number of nitrogens with zero attached hydrogens (tertiary/aromatic N) is 1. The summed E-state index contributed by atoms with van der Waals surface area (Å²) < 4.78 is 34.1. The Morgan fingerprint density at radius 3 is 2.77 bits per heavy atom. The molecule has 0 amide bonds. The van der Waals surface area contributed by atoms with E-state index in [4.69, 9.17) is 21.7 Å². The summed E-state index contributed by atoms with van der Waals surface area (Å²) >= 11 is 5.54. The predicted octanol–water partition coefficient (Wildman–Crippen LogP) is -0.823. The number of rotatable bonds is 3. The van der Waals surface area contributed by atoms with Crippen molar-refractivity contribution in [2.75, 3.05) is 44.5 Å². The van der Waals surface area contributed by atoms with Crippen molar-refractivity contribution in [2.24, 2.45) is 0 Å².